The van der Waals surface area contributed by atoms with Crippen LogP contribution in [0.15, 0.2) is 18.2 Å². The molecular formula is C16H21ClN2OS. The predicted molar refractivity (Wildman–Crippen MR) is 92.3 cm³/mol. The molecule has 0 atom stereocenters. The van der Waals surface area contributed by atoms with Crippen molar-refractivity contribution in [2.45, 2.75) is 33.1 Å². The van der Waals surface area contributed by atoms with E-state index in [1.165, 1.54) is 17.8 Å². The van der Waals surface area contributed by atoms with Gasteiger partial charge in [0.05, 0.1) is 10.7 Å². The van der Waals surface area contributed by atoms with E-state index in [0.717, 1.165) is 22.9 Å². The SMILES string of the molecule is CC(C)CCCCNC(=O)c1sc2cccc(Cl)c2c1N. The monoisotopic (exact) mass is 324 g/mol. The van der Waals surface area contributed by atoms with Gasteiger partial charge in [-0.3, -0.25) is 4.79 Å². The minimum Gasteiger partial charge on any atom is -0.397 e. The molecule has 1 aromatic heterocycles. The number of fused-ring (bicyclic) bond motifs is 1. The zero-order valence-electron chi connectivity index (χ0n) is 12.4. The molecule has 5 heteroatoms. The summed E-state index contributed by atoms with van der Waals surface area (Å²) in [6.07, 6.45) is 3.32. The molecule has 0 aliphatic rings. The number of halogens is 1. The number of carbonyl (C=O) groups is 1. The second-order valence-electron chi connectivity index (χ2n) is 5.60. The van der Waals surface area contributed by atoms with E-state index in [1.807, 2.05) is 12.1 Å². The summed E-state index contributed by atoms with van der Waals surface area (Å²) in [6.45, 7) is 5.10. The maximum absolute atomic E-state index is 12.2. The van der Waals surface area contributed by atoms with E-state index < -0.39 is 0 Å². The molecule has 2 aromatic rings. The van der Waals surface area contributed by atoms with Gasteiger partial charge >= 0.3 is 0 Å². The number of nitrogen functional groups attached to an aromatic ring is 1. The zero-order valence-corrected chi connectivity index (χ0v) is 14.0. The molecule has 0 fully saturated rings. The van der Waals surface area contributed by atoms with E-state index in [2.05, 4.69) is 19.2 Å². The molecular weight excluding hydrogens is 304 g/mol. The fourth-order valence-corrected chi connectivity index (χ4v) is 3.66. The summed E-state index contributed by atoms with van der Waals surface area (Å²) in [5.74, 6) is 0.607. The van der Waals surface area contributed by atoms with Gasteiger partial charge in [-0.15, -0.1) is 11.3 Å². The molecule has 0 saturated carbocycles. The molecule has 0 unspecified atom stereocenters. The van der Waals surface area contributed by atoms with E-state index in [1.54, 1.807) is 6.07 Å². The molecule has 21 heavy (non-hydrogen) atoms. The number of benzene rings is 1. The average Bonchev–Trinajstić information content (AvgIpc) is 2.76. The average molecular weight is 325 g/mol. The van der Waals surface area contributed by atoms with Crippen molar-refractivity contribution in [2.24, 2.45) is 5.92 Å². The van der Waals surface area contributed by atoms with Gasteiger partial charge in [-0.25, -0.2) is 0 Å². The summed E-state index contributed by atoms with van der Waals surface area (Å²) in [5, 5.41) is 4.32. The maximum atomic E-state index is 12.2. The molecule has 1 amide bonds. The van der Waals surface area contributed by atoms with Gasteiger partial charge in [0, 0.05) is 16.6 Å². The Balaban J connectivity index is 2.00. The van der Waals surface area contributed by atoms with Gasteiger partial charge in [0.1, 0.15) is 4.88 Å². The Kier molecular flexibility index (Phi) is 5.48. The lowest BCUT2D eigenvalue weighted by Crippen LogP contribution is -2.24. The zero-order chi connectivity index (χ0) is 15.4. The van der Waals surface area contributed by atoms with Crippen molar-refractivity contribution in [3.63, 3.8) is 0 Å². The Morgan fingerprint density at radius 2 is 2.14 bits per heavy atom. The highest BCUT2D eigenvalue weighted by Gasteiger charge is 2.17. The number of thiophene rings is 1. The fraction of sp³-hybridized carbons (Fsp3) is 0.438. The van der Waals surface area contributed by atoms with E-state index >= 15 is 0 Å². The Hall–Kier alpha value is -1.26. The number of rotatable bonds is 6. The van der Waals surface area contributed by atoms with Crippen LogP contribution in [0.3, 0.4) is 0 Å². The molecule has 0 aliphatic heterocycles. The smallest absolute Gasteiger partial charge is 0.263 e. The lowest BCUT2D eigenvalue weighted by atomic mass is 10.1. The van der Waals surface area contributed by atoms with Crippen LogP contribution in [0.25, 0.3) is 10.1 Å². The normalized spacial score (nSPS) is 11.2. The minimum absolute atomic E-state index is 0.102. The molecule has 114 valence electrons. The summed E-state index contributed by atoms with van der Waals surface area (Å²) in [5.41, 5.74) is 6.56. The molecule has 0 aliphatic carbocycles. The van der Waals surface area contributed by atoms with Gasteiger partial charge in [-0.05, 0) is 24.5 Å². The Morgan fingerprint density at radius 3 is 2.81 bits per heavy atom. The predicted octanol–water partition coefficient (Wildman–Crippen LogP) is 4.69. The largest absolute Gasteiger partial charge is 0.397 e. The van der Waals surface area contributed by atoms with E-state index in [0.29, 0.717) is 28.0 Å². The molecule has 0 bridgehead atoms. The van der Waals surface area contributed by atoms with Crippen LogP contribution in [0.2, 0.25) is 5.02 Å². The number of nitrogens with two attached hydrogens (primary N) is 1. The first-order chi connectivity index (χ1) is 10.0. The molecule has 3 nitrogen and oxygen atoms in total. The Morgan fingerprint density at radius 1 is 1.38 bits per heavy atom. The lowest BCUT2D eigenvalue weighted by Gasteiger charge is -2.06. The maximum Gasteiger partial charge on any atom is 0.263 e. The molecule has 1 aromatic carbocycles. The van der Waals surface area contributed by atoms with Gasteiger partial charge in [-0.1, -0.05) is 44.4 Å². The standard InChI is InChI=1S/C16H21ClN2OS/c1-10(2)6-3-4-9-19-16(20)15-14(18)13-11(17)7-5-8-12(13)21-15/h5,7-8,10H,3-4,6,9,18H2,1-2H3,(H,19,20). The third-order valence-corrected chi connectivity index (χ3v) is 4.89. The van der Waals surface area contributed by atoms with Crippen molar-refractivity contribution in [3.8, 4) is 0 Å². The highest BCUT2D eigenvalue weighted by molar-refractivity contribution is 7.21. The molecule has 0 saturated heterocycles. The van der Waals surface area contributed by atoms with E-state index in [-0.39, 0.29) is 5.91 Å². The number of anilines is 1. The van der Waals surface area contributed by atoms with Gasteiger partial charge in [0.15, 0.2) is 0 Å². The first-order valence-electron chi connectivity index (χ1n) is 7.25. The summed E-state index contributed by atoms with van der Waals surface area (Å²) in [7, 11) is 0. The number of hydrogen-bond donors (Lipinski definition) is 2. The van der Waals surface area contributed by atoms with Crippen LogP contribution < -0.4 is 11.1 Å². The number of amides is 1. The van der Waals surface area contributed by atoms with Crippen LogP contribution in [0, 0.1) is 5.92 Å². The summed E-state index contributed by atoms with van der Waals surface area (Å²) < 4.78 is 0.949. The topological polar surface area (TPSA) is 55.1 Å². The summed E-state index contributed by atoms with van der Waals surface area (Å²) >= 11 is 7.54. The van der Waals surface area contributed by atoms with Crippen molar-refractivity contribution >= 4 is 44.6 Å². The number of carbonyl (C=O) groups excluding carboxylic acids is 1. The van der Waals surface area contributed by atoms with Crippen molar-refractivity contribution in [1.82, 2.24) is 5.32 Å². The van der Waals surface area contributed by atoms with Crippen molar-refractivity contribution in [1.29, 1.82) is 0 Å². The first kappa shape index (κ1) is 16.1. The molecule has 0 radical (unpaired) electrons. The lowest BCUT2D eigenvalue weighted by molar-refractivity contribution is 0.0958. The minimum atomic E-state index is -0.102. The van der Waals surface area contributed by atoms with Gasteiger partial charge in [0.25, 0.3) is 5.91 Å². The van der Waals surface area contributed by atoms with Crippen LogP contribution in [-0.2, 0) is 0 Å². The second kappa shape index (κ2) is 7.14. The van der Waals surface area contributed by atoms with Crippen LogP contribution in [-0.4, -0.2) is 12.5 Å². The Labute approximate surface area is 134 Å². The number of hydrogen-bond acceptors (Lipinski definition) is 3. The highest BCUT2D eigenvalue weighted by Crippen LogP contribution is 2.37. The number of nitrogens with one attached hydrogen (secondary N) is 1. The molecule has 3 N–H and O–H groups in total. The quantitative estimate of drug-likeness (QED) is 0.757. The summed E-state index contributed by atoms with van der Waals surface area (Å²) in [6, 6.07) is 5.59. The van der Waals surface area contributed by atoms with Crippen molar-refractivity contribution in [3.05, 3.63) is 28.1 Å². The van der Waals surface area contributed by atoms with Gasteiger partial charge in [0.2, 0.25) is 0 Å². The first-order valence-corrected chi connectivity index (χ1v) is 8.45. The Bertz CT molecular complexity index is 636. The van der Waals surface area contributed by atoms with Crippen LogP contribution in [0.5, 0.6) is 0 Å². The molecule has 0 spiro atoms. The van der Waals surface area contributed by atoms with Crippen molar-refractivity contribution < 1.29 is 4.79 Å². The van der Waals surface area contributed by atoms with Crippen molar-refractivity contribution in [2.75, 3.05) is 12.3 Å². The van der Waals surface area contributed by atoms with E-state index in [4.69, 9.17) is 17.3 Å². The third-order valence-electron chi connectivity index (χ3n) is 3.40. The summed E-state index contributed by atoms with van der Waals surface area (Å²) in [4.78, 5) is 12.8. The fourth-order valence-electron chi connectivity index (χ4n) is 2.26. The van der Waals surface area contributed by atoms with Gasteiger partial charge < -0.3 is 11.1 Å². The second-order valence-corrected chi connectivity index (χ2v) is 7.06. The van der Waals surface area contributed by atoms with Crippen LogP contribution in [0.1, 0.15) is 42.8 Å². The molecule has 1 heterocycles. The third kappa shape index (κ3) is 3.89. The molecule has 2 rings (SSSR count). The van der Waals surface area contributed by atoms with Crippen LogP contribution >= 0.6 is 22.9 Å². The highest BCUT2D eigenvalue weighted by atomic mass is 35.5. The number of unbranched alkanes of at least 4 members (excludes halogenated alkanes) is 1. The van der Waals surface area contributed by atoms with Gasteiger partial charge in [-0.2, -0.15) is 0 Å². The van der Waals surface area contributed by atoms with E-state index in [9.17, 15) is 4.79 Å². The van der Waals surface area contributed by atoms with Crippen LogP contribution in [0.4, 0.5) is 5.69 Å².